The van der Waals surface area contributed by atoms with Gasteiger partial charge in [0.05, 0.1) is 6.61 Å². The van der Waals surface area contributed by atoms with Gasteiger partial charge in [-0.3, -0.25) is 4.79 Å². The van der Waals surface area contributed by atoms with Crippen molar-refractivity contribution >= 4 is 5.97 Å². The molecular weight excluding hydrogens is 190 g/mol. The number of carbonyl (C=O) groups excluding carboxylic acids is 1. The average molecular weight is 215 g/mol. The Hall–Kier alpha value is -0.570. The molecular formula is C12H25NO2. The minimum Gasteiger partial charge on any atom is -0.466 e. The highest BCUT2D eigenvalue weighted by atomic mass is 16.5. The van der Waals surface area contributed by atoms with Crippen LogP contribution in [-0.4, -0.2) is 25.2 Å². The highest BCUT2D eigenvalue weighted by Gasteiger charge is 2.20. The third-order valence-electron chi connectivity index (χ3n) is 2.82. The Morgan fingerprint density at radius 3 is 2.47 bits per heavy atom. The van der Waals surface area contributed by atoms with Crippen molar-refractivity contribution in [3.63, 3.8) is 0 Å². The second kappa shape index (κ2) is 7.69. The van der Waals surface area contributed by atoms with Crippen LogP contribution < -0.4 is 5.32 Å². The number of hydrogen-bond acceptors (Lipinski definition) is 3. The molecule has 1 atom stereocenters. The van der Waals surface area contributed by atoms with E-state index < -0.39 is 0 Å². The molecule has 0 saturated carbocycles. The Morgan fingerprint density at radius 2 is 2.00 bits per heavy atom. The molecule has 0 spiro atoms. The summed E-state index contributed by atoms with van der Waals surface area (Å²) in [5.74, 6) is -0.0764. The molecule has 0 bridgehead atoms. The maximum absolute atomic E-state index is 11.1. The maximum atomic E-state index is 11.1. The number of rotatable bonds is 8. The molecule has 0 amide bonds. The van der Waals surface area contributed by atoms with Crippen molar-refractivity contribution in [2.75, 3.05) is 13.7 Å². The summed E-state index contributed by atoms with van der Waals surface area (Å²) in [4.78, 5) is 11.1. The highest BCUT2D eigenvalue weighted by molar-refractivity contribution is 5.69. The largest absolute Gasteiger partial charge is 0.466 e. The molecule has 0 aliphatic carbocycles. The van der Waals surface area contributed by atoms with Crippen LogP contribution in [0.5, 0.6) is 0 Å². The minimum absolute atomic E-state index is 0.0764. The fourth-order valence-electron chi connectivity index (χ4n) is 1.78. The summed E-state index contributed by atoms with van der Waals surface area (Å²) < 4.78 is 4.89. The fourth-order valence-corrected chi connectivity index (χ4v) is 1.78. The van der Waals surface area contributed by atoms with Gasteiger partial charge < -0.3 is 10.1 Å². The third kappa shape index (κ3) is 6.50. The van der Waals surface area contributed by atoms with E-state index >= 15 is 0 Å². The van der Waals surface area contributed by atoms with Crippen LogP contribution >= 0.6 is 0 Å². The molecule has 1 unspecified atom stereocenters. The molecule has 0 aromatic carbocycles. The first-order chi connectivity index (χ1) is 7.08. The lowest BCUT2D eigenvalue weighted by atomic mass is 9.90. The van der Waals surface area contributed by atoms with Gasteiger partial charge in [0, 0.05) is 12.0 Å². The Kier molecular flexibility index (Phi) is 7.39. The second-order valence-electron chi connectivity index (χ2n) is 4.22. The van der Waals surface area contributed by atoms with Crippen molar-refractivity contribution in [1.82, 2.24) is 5.32 Å². The average Bonchev–Trinajstić information content (AvgIpc) is 2.18. The molecule has 0 aliphatic heterocycles. The zero-order valence-corrected chi connectivity index (χ0v) is 10.6. The van der Waals surface area contributed by atoms with E-state index in [2.05, 4.69) is 19.2 Å². The van der Waals surface area contributed by atoms with Crippen LogP contribution in [0.25, 0.3) is 0 Å². The van der Waals surface area contributed by atoms with Crippen LogP contribution in [0, 0.1) is 0 Å². The summed E-state index contributed by atoms with van der Waals surface area (Å²) in [5, 5.41) is 3.33. The number of nitrogens with one attached hydrogen (secondary N) is 1. The van der Waals surface area contributed by atoms with Crippen molar-refractivity contribution in [3.05, 3.63) is 0 Å². The first kappa shape index (κ1) is 14.4. The topological polar surface area (TPSA) is 38.3 Å². The van der Waals surface area contributed by atoms with Crippen LogP contribution in [0.3, 0.4) is 0 Å². The van der Waals surface area contributed by atoms with Gasteiger partial charge in [-0.1, -0.05) is 13.3 Å². The van der Waals surface area contributed by atoms with E-state index in [1.165, 1.54) is 0 Å². The Balaban J connectivity index is 3.76. The first-order valence-corrected chi connectivity index (χ1v) is 5.92. The van der Waals surface area contributed by atoms with Gasteiger partial charge in [0.1, 0.15) is 0 Å². The standard InChI is InChI=1S/C12H25NO2/c1-5-9-12(3,13-4)10-7-8-11(14)15-6-2/h13H,5-10H2,1-4H3. The smallest absolute Gasteiger partial charge is 0.305 e. The van der Waals surface area contributed by atoms with Crippen LogP contribution in [0.2, 0.25) is 0 Å². The molecule has 1 N–H and O–H groups in total. The summed E-state index contributed by atoms with van der Waals surface area (Å²) in [7, 11) is 1.99. The lowest BCUT2D eigenvalue weighted by molar-refractivity contribution is -0.143. The monoisotopic (exact) mass is 215 g/mol. The SMILES string of the molecule is CCCC(C)(CCCC(=O)OCC)NC. The zero-order chi connectivity index (χ0) is 11.7. The molecule has 0 radical (unpaired) electrons. The van der Waals surface area contributed by atoms with Gasteiger partial charge in [-0.05, 0) is 40.2 Å². The summed E-state index contributed by atoms with van der Waals surface area (Å²) in [5.41, 5.74) is 0.168. The van der Waals surface area contributed by atoms with E-state index in [4.69, 9.17) is 4.74 Å². The van der Waals surface area contributed by atoms with E-state index in [-0.39, 0.29) is 11.5 Å². The molecule has 0 saturated heterocycles. The zero-order valence-electron chi connectivity index (χ0n) is 10.6. The normalized spacial score (nSPS) is 14.7. The van der Waals surface area contributed by atoms with E-state index in [1.54, 1.807) is 0 Å². The number of ether oxygens (including phenoxy) is 1. The molecule has 0 aromatic rings. The van der Waals surface area contributed by atoms with Crippen LogP contribution in [-0.2, 0) is 9.53 Å². The van der Waals surface area contributed by atoms with Crippen LogP contribution in [0.15, 0.2) is 0 Å². The van der Waals surface area contributed by atoms with Gasteiger partial charge in [-0.15, -0.1) is 0 Å². The molecule has 0 aromatic heterocycles. The van der Waals surface area contributed by atoms with Gasteiger partial charge in [0.25, 0.3) is 0 Å². The predicted octanol–water partition coefficient (Wildman–Crippen LogP) is 2.50. The van der Waals surface area contributed by atoms with Crippen molar-refractivity contribution in [2.45, 2.75) is 58.4 Å². The summed E-state index contributed by atoms with van der Waals surface area (Å²) in [6, 6.07) is 0. The Labute approximate surface area is 93.6 Å². The van der Waals surface area contributed by atoms with Gasteiger partial charge in [-0.2, -0.15) is 0 Å². The maximum Gasteiger partial charge on any atom is 0.305 e. The van der Waals surface area contributed by atoms with E-state index in [9.17, 15) is 4.79 Å². The molecule has 0 heterocycles. The quantitative estimate of drug-likeness (QED) is 0.632. The van der Waals surface area contributed by atoms with E-state index in [1.807, 2.05) is 14.0 Å². The Morgan fingerprint density at radius 1 is 1.33 bits per heavy atom. The summed E-state index contributed by atoms with van der Waals surface area (Å²) in [6.07, 6.45) is 4.77. The predicted molar refractivity (Wildman–Crippen MR) is 62.9 cm³/mol. The van der Waals surface area contributed by atoms with Gasteiger partial charge >= 0.3 is 5.97 Å². The van der Waals surface area contributed by atoms with Crippen molar-refractivity contribution in [2.24, 2.45) is 0 Å². The van der Waals surface area contributed by atoms with Gasteiger partial charge in [0.15, 0.2) is 0 Å². The van der Waals surface area contributed by atoms with Gasteiger partial charge in [0.2, 0.25) is 0 Å². The highest BCUT2D eigenvalue weighted by Crippen LogP contribution is 2.19. The molecule has 0 rings (SSSR count). The van der Waals surface area contributed by atoms with Crippen LogP contribution in [0.4, 0.5) is 0 Å². The van der Waals surface area contributed by atoms with Crippen LogP contribution in [0.1, 0.15) is 52.9 Å². The molecule has 90 valence electrons. The van der Waals surface area contributed by atoms with E-state index in [0.29, 0.717) is 13.0 Å². The summed E-state index contributed by atoms with van der Waals surface area (Å²) in [6.45, 7) is 6.71. The molecule has 15 heavy (non-hydrogen) atoms. The van der Waals surface area contributed by atoms with Gasteiger partial charge in [-0.25, -0.2) is 0 Å². The number of carbonyl (C=O) groups is 1. The fraction of sp³-hybridized carbons (Fsp3) is 0.917. The minimum atomic E-state index is -0.0764. The third-order valence-corrected chi connectivity index (χ3v) is 2.82. The summed E-state index contributed by atoms with van der Waals surface area (Å²) >= 11 is 0. The number of hydrogen-bond donors (Lipinski definition) is 1. The van der Waals surface area contributed by atoms with Crippen molar-refractivity contribution < 1.29 is 9.53 Å². The molecule has 3 nitrogen and oxygen atoms in total. The van der Waals surface area contributed by atoms with Crippen molar-refractivity contribution in [3.8, 4) is 0 Å². The Bertz CT molecular complexity index is 182. The lowest BCUT2D eigenvalue weighted by Crippen LogP contribution is -2.39. The molecule has 0 fully saturated rings. The lowest BCUT2D eigenvalue weighted by Gasteiger charge is -2.28. The molecule has 3 heteroatoms. The second-order valence-corrected chi connectivity index (χ2v) is 4.22. The first-order valence-electron chi connectivity index (χ1n) is 5.92. The van der Waals surface area contributed by atoms with E-state index in [0.717, 1.165) is 25.7 Å². The van der Waals surface area contributed by atoms with Crippen molar-refractivity contribution in [1.29, 1.82) is 0 Å². The molecule has 0 aliphatic rings. The number of esters is 1.